The first-order valence-corrected chi connectivity index (χ1v) is 6.21. The van der Waals surface area contributed by atoms with Crippen LogP contribution >= 0.6 is 11.6 Å². The number of aromatic nitrogens is 1. The van der Waals surface area contributed by atoms with Crippen molar-refractivity contribution in [3.63, 3.8) is 0 Å². The molecular weight excluding hydrogens is 238 g/mol. The molecule has 0 saturated heterocycles. The Labute approximate surface area is 106 Å². The number of primary amides is 1. The molecule has 0 aliphatic heterocycles. The molecule has 0 unspecified atom stereocenters. The molecule has 0 radical (unpaired) electrons. The van der Waals surface area contributed by atoms with Crippen LogP contribution in [-0.2, 0) is 4.79 Å². The average Bonchev–Trinajstić information content (AvgIpc) is 2.80. The molecule has 2 N–H and O–H groups in total. The van der Waals surface area contributed by atoms with E-state index in [9.17, 15) is 4.79 Å². The first-order valence-electron chi connectivity index (χ1n) is 5.83. The van der Waals surface area contributed by atoms with Crippen molar-refractivity contribution >= 4 is 23.3 Å². The zero-order valence-electron chi connectivity index (χ0n) is 9.60. The molecule has 0 bridgehead atoms. The maximum Gasteiger partial charge on any atom is 0.237 e. The first-order chi connectivity index (χ1) is 8.16. The predicted molar refractivity (Wildman–Crippen MR) is 68.0 cm³/mol. The highest BCUT2D eigenvalue weighted by atomic mass is 35.5. The lowest BCUT2D eigenvalue weighted by Gasteiger charge is -2.28. The molecule has 1 aliphatic rings. The van der Waals surface area contributed by atoms with Gasteiger partial charge in [-0.2, -0.15) is 0 Å². The molecule has 17 heavy (non-hydrogen) atoms. The highest BCUT2D eigenvalue weighted by Crippen LogP contribution is 2.27. The SMILES string of the molecule is NC(=O)CN(c1ccc(Cl)cn1)C1CCCC1. The minimum atomic E-state index is -0.325. The molecule has 0 aromatic carbocycles. The van der Waals surface area contributed by atoms with Gasteiger partial charge < -0.3 is 10.6 Å². The third-order valence-corrected chi connectivity index (χ3v) is 3.32. The molecule has 1 aromatic heterocycles. The van der Waals surface area contributed by atoms with Gasteiger partial charge in [0.15, 0.2) is 0 Å². The minimum Gasteiger partial charge on any atom is -0.368 e. The van der Waals surface area contributed by atoms with E-state index in [-0.39, 0.29) is 12.5 Å². The van der Waals surface area contributed by atoms with Crippen LogP contribution in [0.15, 0.2) is 18.3 Å². The van der Waals surface area contributed by atoms with Gasteiger partial charge in [-0.25, -0.2) is 4.98 Å². The van der Waals surface area contributed by atoms with Crippen LogP contribution in [-0.4, -0.2) is 23.5 Å². The van der Waals surface area contributed by atoms with Crippen LogP contribution < -0.4 is 10.6 Å². The van der Waals surface area contributed by atoms with E-state index in [1.165, 1.54) is 12.8 Å². The van der Waals surface area contributed by atoms with Gasteiger partial charge in [0.2, 0.25) is 5.91 Å². The summed E-state index contributed by atoms with van der Waals surface area (Å²) in [5.41, 5.74) is 5.29. The summed E-state index contributed by atoms with van der Waals surface area (Å²) in [5, 5.41) is 0.596. The number of nitrogens with zero attached hydrogens (tertiary/aromatic N) is 2. The van der Waals surface area contributed by atoms with Crippen LogP contribution in [0, 0.1) is 0 Å². The molecule has 1 fully saturated rings. The number of hydrogen-bond donors (Lipinski definition) is 1. The first kappa shape index (κ1) is 12.2. The Balaban J connectivity index is 2.19. The van der Waals surface area contributed by atoms with E-state index in [1.807, 2.05) is 11.0 Å². The fourth-order valence-electron chi connectivity index (χ4n) is 2.32. The summed E-state index contributed by atoms with van der Waals surface area (Å²) < 4.78 is 0. The van der Waals surface area contributed by atoms with E-state index in [2.05, 4.69) is 4.98 Å². The number of nitrogens with two attached hydrogens (primary N) is 1. The molecule has 0 spiro atoms. The molecule has 1 aliphatic carbocycles. The van der Waals surface area contributed by atoms with Gasteiger partial charge in [0.05, 0.1) is 11.6 Å². The Bertz CT molecular complexity index is 387. The molecule has 1 heterocycles. The van der Waals surface area contributed by atoms with Crippen LogP contribution in [0.1, 0.15) is 25.7 Å². The Hall–Kier alpha value is -1.29. The number of carbonyl (C=O) groups is 1. The number of halogens is 1. The quantitative estimate of drug-likeness (QED) is 0.893. The number of pyridine rings is 1. The van der Waals surface area contributed by atoms with Crippen molar-refractivity contribution < 1.29 is 4.79 Å². The lowest BCUT2D eigenvalue weighted by molar-refractivity contribution is -0.116. The van der Waals surface area contributed by atoms with Gasteiger partial charge in [0, 0.05) is 12.2 Å². The number of hydrogen-bond acceptors (Lipinski definition) is 3. The second kappa shape index (κ2) is 5.36. The monoisotopic (exact) mass is 253 g/mol. The Morgan fingerprint density at radius 2 is 2.18 bits per heavy atom. The summed E-state index contributed by atoms with van der Waals surface area (Å²) in [7, 11) is 0. The Kier molecular flexibility index (Phi) is 3.84. The molecule has 4 nitrogen and oxygen atoms in total. The normalized spacial score (nSPS) is 16.1. The van der Waals surface area contributed by atoms with Gasteiger partial charge in [0.1, 0.15) is 5.82 Å². The molecule has 5 heteroatoms. The molecule has 1 saturated carbocycles. The standard InChI is InChI=1S/C12H16ClN3O/c13-9-5-6-12(15-7-9)16(8-11(14)17)10-3-1-2-4-10/h5-7,10H,1-4,8H2,(H2,14,17). The largest absolute Gasteiger partial charge is 0.368 e. The summed E-state index contributed by atoms with van der Waals surface area (Å²) >= 11 is 5.81. The Morgan fingerprint density at radius 1 is 1.47 bits per heavy atom. The van der Waals surface area contributed by atoms with E-state index in [0.29, 0.717) is 11.1 Å². The second-order valence-electron chi connectivity index (χ2n) is 4.37. The lowest BCUT2D eigenvalue weighted by Crippen LogP contribution is -2.40. The highest BCUT2D eigenvalue weighted by molar-refractivity contribution is 6.30. The van der Waals surface area contributed by atoms with Crippen molar-refractivity contribution in [3.8, 4) is 0 Å². The number of amides is 1. The fraction of sp³-hybridized carbons (Fsp3) is 0.500. The maximum absolute atomic E-state index is 11.1. The van der Waals surface area contributed by atoms with Gasteiger partial charge >= 0.3 is 0 Å². The van der Waals surface area contributed by atoms with E-state index >= 15 is 0 Å². The Morgan fingerprint density at radius 3 is 2.71 bits per heavy atom. The van der Waals surface area contributed by atoms with Gasteiger partial charge in [-0.3, -0.25) is 4.79 Å². The van der Waals surface area contributed by atoms with Crippen molar-refractivity contribution in [1.82, 2.24) is 4.98 Å². The van der Waals surface area contributed by atoms with Gasteiger partial charge in [-0.15, -0.1) is 0 Å². The number of carbonyl (C=O) groups excluding carboxylic acids is 1. The molecule has 0 atom stereocenters. The van der Waals surface area contributed by atoms with Gasteiger partial charge in [-0.05, 0) is 25.0 Å². The zero-order valence-corrected chi connectivity index (χ0v) is 10.4. The topological polar surface area (TPSA) is 59.2 Å². The predicted octanol–water partition coefficient (Wildman–Crippen LogP) is 1.97. The van der Waals surface area contributed by atoms with Crippen molar-refractivity contribution in [2.45, 2.75) is 31.7 Å². The summed E-state index contributed by atoms with van der Waals surface area (Å²) in [6, 6.07) is 3.99. The van der Waals surface area contributed by atoms with Crippen molar-refractivity contribution in [3.05, 3.63) is 23.4 Å². The van der Waals surface area contributed by atoms with Crippen molar-refractivity contribution in [1.29, 1.82) is 0 Å². The van der Waals surface area contributed by atoms with Crippen molar-refractivity contribution in [2.75, 3.05) is 11.4 Å². The number of anilines is 1. The summed E-state index contributed by atoms with van der Waals surface area (Å²) in [5.74, 6) is 0.453. The van der Waals surface area contributed by atoms with Crippen molar-refractivity contribution in [2.24, 2.45) is 5.73 Å². The van der Waals surface area contributed by atoms with Crippen LogP contribution in [0.5, 0.6) is 0 Å². The fourth-order valence-corrected chi connectivity index (χ4v) is 2.43. The summed E-state index contributed by atoms with van der Waals surface area (Å²) in [6.07, 6.45) is 6.19. The van der Waals surface area contributed by atoms with E-state index < -0.39 is 0 Å². The third kappa shape index (κ3) is 3.09. The summed E-state index contributed by atoms with van der Waals surface area (Å²) in [4.78, 5) is 17.4. The molecule has 92 valence electrons. The third-order valence-electron chi connectivity index (χ3n) is 3.10. The number of rotatable bonds is 4. The zero-order chi connectivity index (χ0) is 12.3. The molecule has 2 rings (SSSR count). The van der Waals surface area contributed by atoms with E-state index in [0.717, 1.165) is 18.7 Å². The van der Waals surface area contributed by atoms with Gasteiger partial charge in [-0.1, -0.05) is 24.4 Å². The summed E-state index contributed by atoms with van der Waals surface area (Å²) in [6.45, 7) is 0.222. The maximum atomic E-state index is 11.1. The lowest BCUT2D eigenvalue weighted by atomic mass is 10.2. The van der Waals surface area contributed by atoms with E-state index in [4.69, 9.17) is 17.3 Å². The van der Waals surface area contributed by atoms with Crippen LogP contribution in [0.2, 0.25) is 5.02 Å². The highest BCUT2D eigenvalue weighted by Gasteiger charge is 2.24. The average molecular weight is 254 g/mol. The molecular formula is C12H16ClN3O. The minimum absolute atomic E-state index is 0.222. The molecule has 1 amide bonds. The van der Waals surface area contributed by atoms with Crippen LogP contribution in [0.4, 0.5) is 5.82 Å². The second-order valence-corrected chi connectivity index (χ2v) is 4.80. The van der Waals surface area contributed by atoms with Crippen LogP contribution in [0.25, 0.3) is 0 Å². The smallest absolute Gasteiger partial charge is 0.237 e. The van der Waals surface area contributed by atoms with Gasteiger partial charge in [0.25, 0.3) is 0 Å². The van der Waals surface area contributed by atoms with E-state index in [1.54, 1.807) is 12.3 Å². The molecule has 1 aromatic rings. The van der Waals surface area contributed by atoms with Crippen LogP contribution in [0.3, 0.4) is 0 Å².